The van der Waals surface area contributed by atoms with Gasteiger partial charge in [0.1, 0.15) is 0 Å². The molecule has 0 heterocycles. The number of thioether (sulfide) groups is 1. The number of benzene rings is 2. The molecule has 0 atom stereocenters. The Balaban J connectivity index is 2.34. The van der Waals surface area contributed by atoms with E-state index in [1.807, 2.05) is 24.5 Å². The van der Waals surface area contributed by atoms with Crippen LogP contribution in [0, 0.1) is 0 Å². The van der Waals surface area contributed by atoms with Crippen molar-refractivity contribution in [3.8, 4) is 11.5 Å². The molecule has 2 N–H and O–H groups in total. The van der Waals surface area contributed by atoms with Crippen LogP contribution in [0.4, 0.5) is 5.69 Å². The molecule has 2 aromatic rings. The standard InChI is InChI=1S/C22H28N2O4S/c1-14(2)15-7-6-8-16(11-15)22(26)24-18-12-17(21(25)23-9-10-29-5)13-19(27-3)20(18)28-4/h6-8,11-14H,9-10H2,1-5H3,(H,23,25)(H,24,26). The van der Waals surface area contributed by atoms with E-state index in [9.17, 15) is 9.59 Å². The molecule has 0 fully saturated rings. The van der Waals surface area contributed by atoms with Crippen LogP contribution in [0.2, 0.25) is 0 Å². The lowest BCUT2D eigenvalue weighted by Crippen LogP contribution is -2.26. The van der Waals surface area contributed by atoms with Crippen LogP contribution in [0.5, 0.6) is 11.5 Å². The van der Waals surface area contributed by atoms with E-state index in [-0.39, 0.29) is 11.8 Å². The third kappa shape index (κ3) is 5.90. The fraction of sp³-hybridized carbons (Fsp3) is 0.364. The van der Waals surface area contributed by atoms with Crippen molar-refractivity contribution in [3.63, 3.8) is 0 Å². The van der Waals surface area contributed by atoms with Crippen molar-refractivity contribution < 1.29 is 19.1 Å². The van der Waals surface area contributed by atoms with Crippen LogP contribution in [0.3, 0.4) is 0 Å². The highest BCUT2D eigenvalue weighted by Crippen LogP contribution is 2.37. The van der Waals surface area contributed by atoms with Gasteiger partial charge in [0.2, 0.25) is 0 Å². The Morgan fingerprint density at radius 3 is 2.41 bits per heavy atom. The van der Waals surface area contributed by atoms with E-state index in [0.29, 0.717) is 40.8 Å². The SMILES string of the molecule is COc1cc(C(=O)NCCSC)cc(NC(=O)c2cccc(C(C)C)c2)c1OC. The molecule has 2 rings (SSSR count). The molecule has 0 aromatic heterocycles. The molecular formula is C22H28N2O4S. The largest absolute Gasteiger partial charge is 0.493 e. The molecule has 156 valence electrons. The number of methoxy groups -OCH3 is 2. The van der Waals surface area contributed by atoms with Crippen molar-refractivity contribution in [2.75, 3.05) is 38.1 Å². The van der Waals surface area contributed by atoms with Crippen LogP contribution in [-0.4, -0.2) is 44.6 Å². The van der Waals surface area contributed by atoms with Gasteiger partial charge in [-0.3, -0.25) is 9.59 Å². The zero-order chi connectivity index (χ0) is 21.4. The van der Waals surface area contributed by atoms with Gasteiger partial charge in [0.25, 0.3) is 11.8 Å². The number of hydrogen-bond donors (Lipinski definition) is 2. The summed E-state index contributed by atoms with van der Waals surface area (Å²) in [5, 5.41) is 5.71. The van der Waals surface area contributed by atoms with Gasteiger partial charge in [-0.2, -0.15) is 11.8 Å². The van der Waals surface area contributed by atoms with Gasteiger partial charge in [-0.25, -0.2) is 0 Å². The van der Waals surface area contributed by atoms with Crippen molar-refractivity contribution >= 4 is 29.3 Å². The monoisotopic (exact) mass is 416 g/mol. The van der Waals surface area contributed by atoms with Crippen molar-refractivity contribution in [2.24, 2.45) is 0 Å². The van der Waals surface area contributed by atoms with E-state index in [2.05, 4.69) is 24.5 Å². The van der Waals surface area contributed by atoms with Gasteiger partial charge in [0.05, 0.1) is 19.9 Å². The second-order valence-corrected chi connectivity index (χ2v) is 7.73. The number of rotatable bonds is 9. The minimum absolute atomic E-state index is 0.239. The van der Waals surface area contributed by atoms with E-state index in [0.717, 1.165) is 11.3 Å². The quantitative estimate of drug-likeness (QED) is 0.600. The molecule has 0 unspecified atom stereocenters. The summed E-state index contributed by atoms with van der Waals surface area (Å²) in [7, 11) is 2.98. The van der Waals surface area contributed by atoms with Gasteiger partial charge in [-0.05, 0) is 42.0 Å². The van der Waals surface area contributed by atoms with Gasteiger partial charge in [-0.15, -0.1) is 0 Å². The zero-order valence-electron chi connectivity index (χ0n) is 17.5. The predicted molar refractivity (Wildman–Crippen MR) is 119 cm³/mol. The first kappa shape index (κ1) is 22.6. The Kier molecular flexibility index (Phi) is 8.39. The Labute approximate surface area is 176 Å². The van der Waals surface area contributed by atoms with Crippen molar-refractivity contribution in [1.29, 1.82) is 0 Å². The molecule has 0 aliphatic rings. The molecule has 0 bridgehead atoms. The molecular weight excluding hydrogens is 388 g/mol. The van der Waals surface area contributed by atoms with E-state index >= 15 is 0 Å². The van der Waals surface area contributed by atoms with Crippen LogP contribution < -0.4 is 20.1 Å². The van der Waals surface area contributed by atoms with Crippen molar-refractivity contribution in [2.45, 2.75) is 19.8 Å². The van der Waals surface area contributed by atoms with Crippen LogP contribution in [0.15, 0.2) is 36.4 Å². The third-order valence-corrected chi connectivity index (χ3v) is 5.01. The molecule has 29 heavy (non-hydrogen) atoms. The number of ether oxygens (including phenoxy) is 2. The number of hydrogen-bond acceptors (Lipinski definition) is 5. The molecule has 6 nitrogen and oxygen atoms in total. The Morgan fingerprint density at radius 2 is 1.79 bits per heavy atom. The first-order chi connectivity index (χ1) is 13.9. The fourth-order valence-corrected chi connectivity index (χ4v) is 3.10. The highest BCUT2D eigenvalue weighted by Gasteiger charge is 2.19. The smallest absolute Gasteiger partial charge is 0.255 e. The van der Waals surface area contributed by atoms with Crippen LogP contribution in [0.25, 0.3) is 0 Å². The van der Waals surface area contributed by atoms with Gasteiger partial charge in [0.15, 0.2) is 11.5 Å². The van der Waals surface area contributed by atoms with E-state index in [1.165, 1.54) is 14.2 Å². The van der Waals surface area contributed by atoms with Gasteiger partial charge in [-0.1, -0.05) is 26.0 Å². The third-order valence-electron chi connectivity index (χ3n) is 4.40. The first-order valence-electron chi connectivity index (χ1n) is 9.35. The summed E-state index contributed by atoms with van der Waals surface area (Å²) in [6, 6.07) is 10.7. The predicted octanol–water partition coefficient (Wildman–Crippen LogP) is 4.17. The van der Waals surface area contributed by atoms with Crippen molar-refractivity contribution in [1.82, 2.24) is 5.32 Å². The fourth-order valence-electron chi connectivity index (χ4n) is 2.79. The maximum absolute atomic E-state index is 12.8. The Morgan fingerprint density at radius 1 is 1.03 bits per heavy atom. The van der Waals surface area contributed by atoms with E-state index < -0.39 is 0 Å². The lowest BCUT2D eigenvalue weighted by Gasteiger charge is -2.16. The van der Waals surface area contributed by atoms with Crippen molar-refractivity contribution in [3.05, 3.63) is 53.1 Å². The van der Waals surface area contributed by atoms with E-state index in [1.54, 1.807) is 30.0 Å². The highest BCUT2D eigenvalue weighted by molar-refractivity contribution is 7.98. The summed E-state index contributed by atoms with van der Waals surface area (Å²) >= 11 is 1.65. The minimum atomic E-state index is -0.284. The van der Waals surface area contributed by atoms with Gasteiger partial charge < -0.3 is 20.1 Å². The summed E-state index contributed by atoms with van der Waals surface area (Å²) in [6.45, 7) is 4.70. The molecule has 0 saturated heterocycles. The molecule has 0 saturated carbocycles. The molecule has 2 aromatic carbocycles. The molecule has 0 aliphatic heterocycles. The summed E-state index contributed by atoms with van der Waals surface area (Å²) < 4.78 is 10.8. The summed E-state index contributed by atoms with van der Waals surface area (Å²) in [4.78, 5) is 25.3. The highest BCUT2D eigenvalue weighted by atomic mass is 32.2. The van der Waals surface area contributed by atoms with Crippen LogP contribution >= 0.6 is 11.8 Å². The number of carbonyl (C=O) groups excluding carboxylic acids is 2. The lowest BCUT2D eigenvalue weighted by molar-refractivity contribution is 0.0954. The molecule has 2 amide bonds. The normalized spacial score (nSPS) is 10.6. The average Bonchev–Trinajstić information content (AvgIpc) is 2.73. The maximum Gasteiger partial charge on any atom is 0.255 e. The maximum atomic E-state index is 12.8. The zero-order valence-corrected chi connectivity index (χ0v) is 18.3. The topological polar surface area (TPSA) is 76.7 Å². The van der Waals surface area contributed by atoms with Crippen LogP contribution in [0.1, 0.15) is 46.0 Å². The number of carbonyl (C=O) groups is 2. The van der Waals surface area contributed by atoms with Gasteiger partial charge in [0, 0.05) is 23.4 Å². The summed E-state index contributed by atoms with van der Waals surface area (Å²) in [5.74, 6) is 1.34. The number of nitrogens with one attached hydrogen (secondary N) is 2. The summed E-state index contributed by atoms with van der Waals surface area (Å²) in [6.07, 6.45) is 1.98. The lowest BCUT2D eigenvalue weighted by atomic mass is 10.0. The first-order valence-corrected chi connectivity index (χ1v) is 10.7. The molecule has 0 aliphatic carbocycles. The summed E-state index contributed by atoms with van der Waals surface area (Å²) in [5.41, 5.74) is 2.37. The average molecular weight is 417 g/mol. The number of anilines is 1. The van der Waals surface area contributed by atoms with E-state index in [4.69, 9.17) is 9.47 Å². The second kappa shape index (κ2) is 10.8. The Bertz CT molecular complexity index is 868. The molecule has 7 heteroatoms. The van der Waals surface area contributed by atoms with Crippen LogP contribution in [-0.2, 0) is 0 Å². The molecule has 0 spiro atoms. The number of amides is 2. The second-order valence-electron chi connectivity index (χ2n) is 6.74. The minimum Gasteiger partial charge on any atom is -0.493 e. The van der Waals surface area contributed by atoms with Gasteiger partial charge >= 0.3 is 0 Å². The molecule has 0 radical (unpaired) electrons. The Hall–Kier alpha value is -2.67.